The molecule has 2 aromatic rings. The highest BCUT2D eigenvalue weighted by Gasteiger charge is 2.07. The lowest BCUT2D eigenvalue weighted by atomic mass is 10.1. The van der Waals surface area contributed by atoms with Gasteiger partial charge in [0.25, 0.3) is 5.91 Å². The maximum Gasteiger partial charge on any atom is 0.291 e. The number of carbonyl (C=O) groups excluding carboxylic acids is 1. The van der Waals surface area contributed by atoms with E-state index in [1.54, 1.807) is 12.3 Å². The van der Waals surface area contributed by atoms with Gasteiger partial charge in [-0.1, -0.05) is 24.3 Å². The Kier molecular flexibility index (Phi) is 3.52. The predicted molar refractivity (Wildman–Crippen MR) is 69.6 cm³/mol. The third-order valence-corrected chi connectivity index (χ3v) is 2.50. The van der Waals surface area contributed by atoms with Crippen LogP contribution in [0.1, 0.15) is 27.3 Å². The van der Waals surface area contributed by atoms with Gasteiger partial charge in [0, 0.05) is 5.69 Å². The van der Waals surface area contributed by atoms with Gasteiger partial charge in [0.05, 0.1) is 6.21 Å². The zero-order valence-electron chi connectivity index (χ0n) is 10.3. The highest BCUT2D eigenvalue weighted by Crippen LogP contribution is 2.03. The number of benzene rings is 1. The standard InChI is InChI=1S/C13H14N4O/c1-9-5-3-4-6-11(9)8-14-17-13(18)12-7-10(2)15-16-12/h3-8H,1-2H3,(H,15,16)(H,17,18)/b14-8+. The summed E-state index contributed by atoms with van der Waals surface area (Å²) >= 11 is 0. The normalized spacial score (nSPS) is 10.8. The van der Waals surface area contributed by atoms with Crippen LogP contribution < -0.4 is 5.43 Å². The van der Waals surface area contributed by atoms with Crippen molar-refractivity contribution in [2.75, 3.05) is 0 Å². The Bertz CT molecular complexity index is 586. The summed E-state index contributed by atoms with van der Waals surface area (Å²) in [4.78, 5) is 11.6. The first kappa shape index (κ1) is 12.0. The molecule has 18 heavy (non-hydrogen) atoms. The number of amides is 1. The summed E-state index contributed by atoms with van der Waals surface area (Å²) in [6.07, 6.45) is 1.62. The van der Waals surface area contributed by atoms with Crippen LogP contribution in [0.4, 0.5) is 0 Å². The molecule has 0 aliphatic rings. The van der Waals surface area contributed by atoms with Crippen molar-refractivity contribution in [3.8, 4) is 0 Å². The van der Waals surface area contributed by atoms with Crippen LogP contribution in [0, 0.1) is 13.8 Å². The summed E-state index contributed by atoms with van der Waals surface area (Å²) in [6.45, 7) is 3.82. The number of aromatic nitrogens is 2. The van der Waals surface area contributed by atoms with Crippen LogP contribution in [-0.4, -0.2) is 22.3 Å². The molecule has 0 bridgehead atoms. The Hall–Kier alpha value is -2.43. The van der Waals surface area contributed by atoms with Crippen molar-refractivity contribution in [3.05, 3.63) is 52.8 Å². The number of aryl methyl sites for hydroxylation is 2. The van der Waals surface area contributed by atoms with Gasteiger partial charge in [0.1, 0.15) is 0 Å². The first-order valence-corrected chi connectivity index (χ1v) is 5.58. The average molecular weight is 242 g/mol. The van der Waals surface area contributed by atoms with E-state index in [0.717, 1.165) is 16.8 Å². The first-order chi connectivity index (χ1) is 8.66. The lowest BCUT2D eigenvalue weighted by Gasteiger charge is -1.98. The second kappa shape index (κ2) is 5.27. The molecule has 1 aromatic heterocycles. The second-order valence-corrected chi connectivity index (χ2v) is 3.99. The first-order valence-electron chi connectivity index (χ1n) is 5.58. The fraction of sp³-hybridized carbons (Fsp3) is 0.154. The van der Waals surface area contributed by atoms with Gasteiger partial charge in [-0.05, 0) is 31.0 Å². The summed E-state index contributed by atoms with van der Waals surface area (Å²) < 4.78 is 0. The van der Waals surface area contributed by atoms with E-state index in [1.807, 2.05) is 38.1 Å². The Labute approximate surface area is 105 Å². The summed E-state index contributed by atoms with van der Waals surface area (Å²) in [5.74, 6) is -0.329. The highest BCUT2D eigenvalue weighted by atomic mass is 16.2. The SMILES string of the molecule is Cc1cc(C(=O)N/N=C/c2ccccc2C)n[nH]1. The number of carbonyl (C=O) groups is 1. The van der Waals surface area contributed by atoms with E-state index in [2.05, 4.69) is 20.7 Å². The lowest BCUT2D eigenvalue weighted by molar-refractivity contribution is 0.0950. The van der Waals surface area contributed by atoms with E-state index in [0.29, 0.717) is 5.69 Å². The zero-order valence-corrected chi connectivity index (χ0v) is 10.3. The van der Waals surface area contributed by atoms with E-state index < -0.39 is 0 Å². The summed E-state index contributed by atoms with van der Waals surface area (Å²) in [5.41, 5.74) is 5.67. The Balaban J connectivity index is 2.00. The third kappa shape index (κ3) is 2.82. The van der Waals surface area contributed by atoms with E-state index in [4.69, 9.17) is 0 Å². The molecule has 0 atom stereocenters. The van der Waals surface area contributed by atoms with Crippen molar-refractivity contribution < 1.29 is 4.79 Å². The van der Waals surface area contributed by atoms with Crippen LogP contribution >= 0.6 is 0 Å². The number of nitrogens with zero attached hydrogens (tertiary/aromatic N) is 2. The van der Waals surface area contributed by atoms with E-state index in [1.165, 1.54) is 0 Å². The lowest BCUT2D eigenvalue weighted by Crippen LogP contribution is -2.18. The number of nitrogens with one attached hydrogen (secondary N) is 2. The molecule has 0 saturated carbocycles. The number of H-pyrrole nitrogens is 1. The monoisotopic (exact) mass is 242 g/mol. The number of rotatable bonds is 3. The summed E-state index contributed by atoms with van der Waals surface area (Å²) in [6, 6.07) is 9.47. The molecular formula is C13H14N4O. The molecule has 0 unspecified atom stereocenters. The van der Waals surface area contributed by atoms with Gasteiger partial charge in [-0.25, -0.2) is 5.43 Å². The molecule has 1 aromatic carbocycles. The molecule has 5 heteroatoms. The van der Waals surface area contributed by atoms with Gasteiger partial charge < -0.3 is 0 Å². The molecule has 0 aliphatic heterocycles. The van der Waals surface area contributed by atoms with Gasteiger partial charge >= 0.3 is 0 Å². The maximum absolute atomic E-state index is 11.6. The average Bonchev–Trinajstić information content (AvgIpc) is 2.78. The van der Waals surface area contributed by atoms with Crippen molar-refractivity contribution in [2.45, 2.75) is 13.8 Å². The molecule has 0 radical (unpaired) electrons. The van der Waals surface area contributed by atoms with Crippen LogP contribution in [0.3, 0.4) is 0 Å². The fourth-order valence-corrected chi connectivity index (χ4v) is 1.48. The van der Waals surface area contributed by atoms with Crippen molar-refractivity contribution in [2.24, 2.45) is 5.10 Å². The largest absolute Gasteiger partial charge is 0.291 e. The Morgan fingerprint density at radius 1 is 1.39 bits per heavy atom. The molecule has 2 rings (SSSR count). The van der Waals surface area contributed by atoms with Crippen LogP contribution in [0.2, 0.25) is 0 Å². The summed E-state index contributed by atoms with van der Waals surface area (Å²) in [7, 11) is 0. The Morgan fingerprint density at radius 2 is 2.17 bits per heavy atom. The molecule has 0 aliphatic carbocycles. The number of aromatic amines is 1. The highest BCUT2D eigenvalue weighted by molar-refractivity contribution is 5.93. The van der Waals surface area contributed by atoms with Crippen molar-refractivity contribution in [3.63, 3.8) is 0 Å². The Morgan fingerprint density at radius 3 is 2.83 bits per heavy atom. The number of hydrogen-bond acceptors (Lipinski definition) is 3. The smallest absolute Gasteiger partial charge is 0.282 e. The molecule has 0 spiro atoms. The van der Waals surface area contributed by atoms with E-state index >= 15 is 0 Å². The fourth-order valence-electron chi connectivity index (χ4n) is 1.48. The molecule has 2 N–H and O–H groups in total. The molecule has 1 amide bonds. The molecule has 1 heterocycles. The van der Waals surface area contributed by atoms with Gasteiger partial charge in [-0.3, -0.25) is 9.89 Å². The quantitative estimate of drug-likeness (QED) is 0.636. The van der Waals surface area contributed by atoms with E-state index in [9.17, 15) is 4.79 Å². The van der Waals surface area contributed by atoms with Gasteiger partial charge in [-0.2, -0.15) is 10.2 Å². The zero-order chi connectivity index (χ0) is 13.0. The minimum Gasteiger partial charge on any atom is -0.282 e. The van der Waals surface area contributed by atoms with Crippen LogP contribution in [-0.2, 0) is 0 Å². The van der Waals surface area contributed by atoms with Crippen LogP contribution in [0.25, 0.3) is 0 Å². The molecular weight excluding hydrogens is 228 g/mol. The molecule has 0 saturated heterocycles. The molecule has 5 nitrogen and oxygen atoms in total. The predicted octanol–water partition coefficient (Wildman–Crippen LogP) is 1.79. The van der Waals surface area contributed by atoms with Gasteiger partial charge in [0.15, 0.2) is 5.69 Å². The van der Waals surface area contributed by atoms with Crippen molar-refractivity contribution in [1.29, 1.82) is 0 Å². The topological polar surface area (TPSA) is 70.1 Å². The molecule has 0 fully saturated rings. The van der Waals surface area contributed by atoms with Crippen LogP contribution in [0.15, 0.2) is 35.4 Å². The van der Waals surface area contributed by atoms with E-state index in [-0.39, 0.29) is 5.91 Å². The third-order valence-electron chi connectivity index (χ3n) is 2.50. The minimum absolute atomic E-state index is 0.328. The summed E-state index contributed by atoms with van der Waals surface area (Å²) in [5, 5.41) is 10.5. The van der Waals surface area contributed by atoms with Crippen molar-refractivity contribution in [1.82, 2.24) is 15.6 Å². The second-order valence-electron chi connectivity index (χ2n) is 3.99. The maximum atomic E-state index is 11.6. The molecule has 92 valence electrons. The number of hydrazone groups is 1. The minimum atomic E-state index is -0.329. The number of hydrogen-bond donors (Lipinski definition) is 2. The van der Waals surface area contributed by atoms with Gasteiger partial charge in [0.2, 0.25) is 0 Å². The van der Waals surface area contributed by atoms with Crippen LogP contribution in [0.5, 0.6) is 0 Å². The van der Waals surface area contributed by atoms with Crippen molar-refractivity contribution >= 4 is 12.1 Å². The van der Waals surface area contributed by atoms with Gasteiger partial charge in [-0.15, -0.1) is 0 Å².